The highest BCUT2D eigenvalue weighted by molar-refractivity contribution is 7.92. The lowest BCUT2D eigenvalue weighted by atomic mass is 10.0. The Balaban J connectivity index is 2.47. The van der Waals surface area contributed by atoms with Crippen molar-refractivity contribution in [1.29, 1.82) is 0 Å². The Kier molecular flexibility index (Phi) is 5.00. The number of rotatable bonds is 4. The van der Waals surface area contributed by atoms with E-state index in [1.165, 1.54) is 12.1 Å². The predicted octanol–water partition coefficient (Wildman–Crippen LogP) is 4.62. The molecule has 0 radical (unpaired) electrons. The number of sulfonamides is 1. The molecular formula is C15H16Cl2N2O2S. The summed E-state index contributed by atoms with van der Waals surface area (Å²) in [5, 5.41) is 0.513. The van der Waals surface area contributed by atoms with E-state index in [9.17, 15) is 8.42 Å². The molecule has 0 unspecified atom stereocenters. The van der Waals surface area contributed by atoms with Gasteiger partial charge in [0.2, 0.25) is 0 Å². The standard InChI is InChI=1S/C15H16Cl2N2O2S/c1-9(2)11-8-18-5-4-14(11)19-22(20,21)15-6-10(3)12(16)7-13(15)17/h4-9H,1-3H3,(H,18,19). The molecule has 0 aliphatic carbocycles. The maximum atomic E-state index is 12.6. The van der Waals surface area contributed by atoms with Gasteiger partial charge in [0.25, 0.3) is 10.0 Å². The van der Waals surface area contributed by atoms with Crippen molar-refractivity contribution in [3.63, 3.8) is 0 Å². The lowest BCUT2D eigenvalue weighted by molar-refractivity contribution is 0.601. The largest absolute Gasteiger partial charge is 0.279 e. The molecule has 0 saturated heterocycles. The fourth-order valence-electron chi connectivity index (χ4n) is 2.00. The van der Waals surface area contributed by atoms with Crippen LogP contribution >= 0.6 is 23.2 Å². The summed E-state index contributed by atoms with van der Waals surface area (Å²) >= 11 is 12.0. The second kappa shape index (κ2) is 6.44. The summed E-state index contributed by atoms with van der Waals surface area (Å²) in [6.45, 7) is 5.66. The number of hydrogen-bond acceptors (Lipinski definition) is 3. The lowest BCUT2D eigenvalue weighted by Gasteiger charge is -2.15. The van der Waals surface area contributed by atoms with Crippen molar-refractivity contribution < 1.29 is 8.42 Å². The first kappa shape index (κ1) is 17.1. The number of halogens is 2. The molecule has 1 aromatic heterocycles. The third kappa shape index (κ3) is 3.54. The molecule has 7 heteroatoms. The molecule has 1 heterocycles. The number of nitrogens with one attached hydrogen (secondary N) is 1. The molecule has 0 aliphatic heterocycles. The van der Waals surface area contributed by atoms with Gasteiger partial charge in [-0.05, 0) is 42.2 Å². The summed E-state index contributed by atoms with van der Waals surface area (Å²) in [4.78, 5) is 4.04. The van der Waals surface area contributed by atoms with Gasteiger partial charge in [-0.15, -0.1) is 0 Å². The van der Waals surface area contributed by atoms with Gasteiger partial charge in [0.05, 0.1) is 10.7 Å². The Morgan fingerprint density at radius 3 is 2.50 bits per heavy atom. The van der Waals surface area contributed by atoms with Gasteiger partial charge >= 0.3 is 0 Å². The normalized spacial score (nSPS) is 11.7. The van der Waals surface area contributed by atoms with E-state index in [0.717, 1.165) is 5.56 Å². The van der Waals surface area contributed by atoms with E-state index in [1.54, 1.807) is 25.4 Å². The van der Waals surface area contributed by atoms with E-state index >= 15 is 0 Å². The molecule has 0 saturated carbocycles. The van der Waals surface area contributed by atoms with Crippen LogP contribution in [0.2, 0.25) is 10.0 Å². The van der Waals surface area contributed by atoms with Crippen LogP contribution in [0.4, 0.5) is 5.69 Å². The van der Waals surface area contributed by atoms with Gasteiger partial charge in [-0.25, -0.2) is 8.42 Å². The number of aryl methyl sites for hydroxylation is 1. The zero-order chi connectivity index (χ0) is 16.5. The van der Waals surface area contributed by atoms with E-state index < -0.39 is 10.0 Å². The highest BCUT2D eigenvalue weighted by Crippen LogP contribution is 2.31. The zero-order valence-corrected chi connectivity index (χ0v) is 14.7. The second-order valence-electron chi connectivity index (χ2n) is 5.25. The number of aromatic nitrogens is 1. The van der Waals surface area contributed by atoms with Crippen molar-refractivity contribution in [3.8, 4) is 0 Å². The van der Waals surface area contributed by atoms with Gasteiger partial charge in [0.15, 0.2) is 0 Å². The van der Waals surface area contributed by atoms with Crippen LogP contribution in [0.3, 0.4) is 0 Å². The minimum absolute atomic E-state index is 0.00239. The van der Waals surface area contributed by atoms with E-state index in [0.29, 0.717) is 16.3 Å². The number of pyridine rings is 1. The summed E-state index contributed by atoms with van der Waals surface area (Å²) in [5.74, 6) is 0.133. The average Bonchev–Trinajstić information content (AvgIpc) is 2.42. The monoisotopic (exact) mass is 358 g/mol. The smallest absolute Gasteiger partial charge is 0.263 e. The Morgan fingerprint density at radius 2 is 1.86 bits per heavy atom. The van der Waals surface area contributed by atoms with Crippen molar-refractivity contribution in [2.75, 3.05) is 4.72 Å². The van der Waals surface area contributed by atoms with Crippen LogP contribution in [0.5, 0.6) is 0 Å². The molecule has 0 amide bonds. The maximum Gasteiger partial charge on any atom is 0.263 e. The first-order valence-electron chi connectivity index (χ1n) is 6.64. The summed E-state index contributed by atoms with van der Waals surface area (Å²) in [7, 11) is -3.81. The van der Waals surface area contributed by atoms with E-state index in [1.807, 2.05) is 13.8 Å². The quantitative estimate of drug-likeness (QED) is 0.867. The molecule has 2 aromatic rings. The number of nitrogens with zero attached hydrogens (tertiary/aromatic N) is 1. The second-order valence-corrected chi connectivity index (χ2v) is 7.72. The number of anilines is 1. The first-order valence-corrected chi connectivity index (χ1v) is 8.88. The third-order valence-electron chi connectivity index (χ3n) is 3.22. The van der Waals surface area contributed by atoms with Crippen LogP contribution in [0.15, 0.2) is 35.5 Å². The Bertz CT molecular complexity index is 805. The fourth-order valence-corrected chi connectivity index (χ4v) is 3.92. The van der Waals surface area contributed by atoms with E-state index in [-0.39, 0.29) is 15.8 Å². The summed E-state index contributed by atoms with van der Waals surface area (Å²) in [5.41, 5.74) is 1.95. The lowest BCUT2D eigenvalue weighted by Crippen LogP contribution is -2.15. The van der Waals surface area contributed by atoms with Crippen molar-refractivity contribution in [1.82, 2.24) is 4.98 Å². The summed E-state index contributed by atoms with van der Waals surface area (Å²) in [6.07, 6.45) is 3.19. The molecule has 2 rings (SSSR count). The van der Waals surface area contributed by atoms with Crippen molar-refractivity contribution >= 4 is 38.9 Å². The SMILES string of the molecule is Cc1cc(S(=O)(=O)Nc2ccncc2C(C)C)c(Cl)cc1Cl. The molecule has 0 bridgehead atoms. The van der Waals surface area contributed by atoms with Crippen LogP contribution in [0.1, 0.15) is 30.9 Å². The molecule has 22 heavy (non-hydrogen) atoms. The zero-order valence-electron chi connectivity index (χ0n) is 12.4. The van der Waals surface area contributed by atoms with Gasteiger partial charge in [0, 0.05) is 17.4 Å². The molecule has 0 atom stereocenters. The van der Waals surface area contributed by atoms with Crippen LogP contribution < -0.4 is 4.72 Å². The summed E-state index contributed by atoms with van der Waals surface area (Å²) in [6, 6.07) is 4.52. The Morgan fingerprint density at radius 1 is 1.18 bits per heavy atom. The number of benzene rings is 1. The van der Waals surface area contributed by atoms with Crippen molar-refractivity contribution in [3.05, 3.63) is 51.8 Å². The molecule has 0 spiro atoms. The number of hydrogen-bond donors (Lipinski definition) is 1. The molecule has 0 fully saturated rings. The van der Waals surface area contributed by atoms with Crippen LogP contribution in [-0.4, -0.2) is 13.4 Å². The predicted molar refractivity (Wildman–Crippen MR) is 90.3 cm³/mol. The molecule has 1 aromatic carbocycles. The maximum absolute atomic E-state index is 12.6. The highest BCUT2D eigenvalue weighted by atomic mass is 35.5. The third-order valence-corrected chi connectivity index (χ3v) is 5.46. The van der Waals surface area contributed by atoms with Gasteiger partial charge in [-0.3, -0.25) is 9.71 Å². The molecule has 1 N–H and O–H groups in total. The van der Waals surface area contributed by atoms with Crippen molar-refractivity contribution in [2.24, 2.45) is 0 Å². The van der Waals surface area contributed by atoms with E-state index in [4.69, 9.17) is 23.2 Å². The first-order chi connectivity index (χ1) is 10.2. The molecule has 0 aliphatic rings. The minimum Gasteiger partial charge on any atom is -0.279 e. The molecular weight excluding hydrogens is 343 g/mol. The fraction of sp³-hybridized carbons (Fsp3) is 0.267. The van der Waals surface area contributed by atoms with Gasteiger partial charge in [-0.2, -0.15) is 0 Å². The van der Waals surface area contributed by atoms with Crippen LogP contribution in [0.25, 0.3) is 0 Å². The minimum atomic E-state index is -3.81. The average molecular weight is 359 g/mol. The Labute approximate surface area is 140 Å². The van der Waals surface area contributed by atoms with Gasteiger partial charge in [-0.1, -0.05) is 37.0 Å². The highest BCUT2D eigenvalue weighted by Gasteiger charge is 2.21. The van der Waals surface area contributed by atoms with Crippen molar-refractivity contribution in [2.45, 2.75) is 31.6 Å². The topological polar surface area (TPSA) is 59.1 Å². The van der Waals surface area contributed by atoms with Gasteiger partial charge in [0.1, 0.15) is 4.90 Å². The molecule has 4 nitrogen and oxygen atoms in total. The van der Waals surface area contributed by atoms with Crippen LogP contribution in [-0.2, 0) is 10.0 Å². The van der Waals surface area contributed by atoms with E-state index in [2.05, 4.69) is 9.71 Å². The van der Waals surface area contributed by atoms with Gasteiger partial charge < -0.3 is 0 Å². The summed E-state index contributed by atoms with van der Waals surface area (Å²) < 4.78 is 27.8. The van der Waals surface area contributed by atoms with Crippen LogP contribution in [0, 0.1) is 6.92 Å². The Hall–Kier alpha value is -1.30. The molecule has 118 valence electrons.